The van der Waals surface area contributed by atoms with Gasteiger partial charge in [0, 0.05) is 47.5 Å². The summed E-state index contributed by atoms with van der Waals surface area (Å²) in [5, 5.41) is 0.723. The van der Waals surface area contributed by atoms with Crippen molar-refractivity contribution in [2.24, 2.45) is 5.92 Å². The van der Waals surface area contributed by atoms with Crippen LogP contribution in [0.3, 0.4) is 0 Å². The van der Waals surface area contributed by atoms with Gasteiger partial charge in [-0.1, -0.05) is 23.7 Å². The molecule has 0 N–H and O–H groups in total. The number of hydrogen-bond donors (Lipinski definition) is 0. The zero-order valence-electron chi connectivity index (χ0n) is 17.5. The Morgan fingerprint density at radius 2 is 1.97 bits per heavy atom. The minimum atomic E-state index is 0.354. The number of aryl methyl sites for hydroxylation is 1. The highest BCUT2D eigenvalue weighted by Gasteiger charge is 2.27. The Balaban J connectivity index is 1.33. The Labute approximate surface area is 183 Å². The molecule has 1 aliphatic carbocycles. The first-order chi connectivity index (χ1) is 14.8. The molecule has 1 unspecified atom stereocenters. The van der Waals surface area contributed by atoms with Gasteiger partial charge in [0.05, 0.1) is 19.3 Å². The Hall–Kier alpha value is -1.69. The molecule has 5 rings (SSSR count). The number of halogens is 1. The fourth-order valence-corrected chi connectivity index (χ4v) is 5.00. The molecule has 2 aromatic rings. The van der Waals surface area contributed by atoms with Gasteiger partial charge in [-0.15, -0.1) is 0 Å². The van der Waals surface area contributed by atoms with Crippen molar-refractivity contribution < 1.29 is 9.47 Å². The summed E-state index contributed by atoms with van der Waals surface area (Å²) in [4.78, 5) is 12.4. The summed E-state index contributed by atoms with van der Waals surface area (Å²) in [6.45, 7) is 4.57. The van der Waals surface area contributed by atoms with Crippen LogP contribution in [0.4, 0.5) is 5.82 Å². The largest absolute Gasteiger partial charge is 0.381 e. The second kappa shape index (κ2) is 9.21. The molecule has 160 valence electrons. The highest BCUT2D eigenvalue weighted by Crippen LogP contribution is 2.33. The monoisotopic (exact) mass is 427 g/mol. The summed E-state index contributed by atoms with van der Waals surface area (Å²) in [5.41, 5.74) is 3.57. The van der Waals surface area contributed by atoms with E-state index in [9.17, 15) is 0 Å². The van der Waals surface area contributed by atoms with Crippen LogP contribution in [0.25, 0.3) is 11.4 Å². The number of hydrogen-bond acceptors (Lipinski definition) is 5. The van der Waals surface area contributed by atoms with E-state index in [1.807, 2.05) is 24.3 Å². The van der Waals surface area contributed by atoms with Gasteiger partial charge in [-0.05, 0) is 57.1 Å². The highest BCUT2D eigenvalue weighted by molar-refractivity contribution is 6.30. The number of aromatic nitrogens is 2. The van der Waals surface area contributed by atoms with Gasteiger partial charge in [-0.3, -0.25) is 0 Å². The molecule has 2 fully saturated rings. The van der Waals surface area contributed by atoms with E-state index in [-0.39, 0.29) is 0 Å². The first-order valence-electron chi connectivity index (χ1n) is 11.4. The van der Waals surface area contributed by atoms with Crippen molar-refractivity contribution in [2.45, 2.75) is 51.0 Å². The summed E-state index contributed by atoms with van der Waals surface area (Å²) in [6.07, 6.45) is 8.16. The number of anilines is 1. The molecule has 0 bridgehead atoms. The lowest BCUT2D eigenvalue weighted by molar-refractivity contribution is 0.0131. The van der Waals surface area contributed by atoms with Gasteiger partial charge in [-0.2, -0.15) is 0 Å². The molecule has 0 saturated carbocycles. The van der Waals surface area contributed by atoms with Gasteiger partial charge in [-0.25, -0.2) is 9.97 Å². The molecule has 0 spiro atoms. The average Bonchev–Trinajstić information content (AvgIpc) is 3.31. The Bertz CT molecular complexity index is 877. The molecule has 5 nitrogen and oxygen atoms in total. The smallest absolute Gasteiger partial charge is 0.161 e. The molecule has 1 aromatic carbocycles. The summed E-state index contributed by atoms with van der Waals surface area (Å²) < 4.78 is 11.7. The predicted octanol–water partition coefficient (Wildman–Crippen LogP) is 4.70. The average molecular weight is 428 g/mol. The van der Waals surface area contributed by atoms with Gasteiger partial charge in [0.1, 0.15) is 5.82 Å². The van der Waals surface area contributed by atoms with Crippen LogP contribution in [0.5, 0.6) is 0 Å². The summed E-state index contributed by atoms with van der Waals surface area (Å²) in [6, 6.07) is 7.88. The third-order valence-corrected chi connectivity index (χ3v) is 6.81. The van der Waals surface area contributed by atoms with E-state index in [4.69, 9.17) is 31.0 Å². The number of ether oxygens (including phenoxy) is 2. The van der Waals surface area contributed by atoms with Crippen molar-refractivity contribution in [3.63, 3.8) is 0 Å². The SMILES string of the molecule is Clc1cccc(-c2nc3c(c(N4CCC(OCC5CCOC5)CC4)n2)CCCC3)c1. The van der Waals surface area contributed by atoms with Gasteiger partial charge in [0.15, 0.2) is 5.82 Å². The fraction of sp³-hybridized carbons (Fsp3) is 0.583. The van der Waals surface area contributed by atoms with Crippen LogP contribution < -0.4 is 4.90 Å². The predicted molar refractivity (Wildman–Crippen MR) is 119 cm³/mol. The lowest BCUT2D eigenvalue weighted by Gasteiger charge is -2.35. The van der Waals surface area contributed by atoms with E-state index in [0.29, 0.717) is 12.0 Å². The van der Waals surface area contributed by atoms with Crippen molar-refractivity contribution in [3.8, 4) is 11.4 Å². The number of piperidine rings is 1. The van der Waals surface area contributed by atoms with Crippen LogP contribution in [0.15, 0.2) is 24.3 Å². The van der Waals surface area contributed by atoms with Crippen molar-refractivity contribution in [1.29, 1.82) is 0 Å². The second-order valence-corrected chi connectivity index (χ2v) is 9.20. The summed E-state index contributed by atoms with van der Waals surface area (Å²) in [7, 11) is 0. The zero-order chi connectivity index (χ0) is 20.3. The molecule has 1 aromatic heterocycles. The maximum atomic E-state index is 6.23. The number of benzene rings is 1. The molecule has 30 heavy (non-hydrogen) atoms. The fourth-order valence-electron chi connectivity index (χ4n) is 4.81. The van der Waals surface area contributed by atoms with Crippen molar-refractivity contribution in [1.82, 2.24) is 9.97 Å². The van der Waals surface area contributed by atoms with Crippen LogP contribution in [0.2, 0.25) is 5.02 Å². The van der Waals surface area contributed by atoms with E-state index >= 15 is 0 Å². The second-order valence-electron chi connectivity index (χ2n) is 8.76. The molecular weight excluding hydrogens is 398 g/mol. The Morgan fingerprint density at radius 1 is 1.10 bits per heavy atom. The molecule has 0 radical (unpaired) electrons. The lowest BCUT2D eigenvalue weighted by atomic mass is 9.95. The van der Waals surface area contributed by atoms with Crippen molar-refractivity contribution >= 4 is 17.4 Å². The molecule has 6 heteroatoms. The molecule has 2 aliphatic heterocycles. The van der Waals surface area contributed by atoms with Crippen LogP contribution in [-0.2, 0) is 22.3 Å². The molecule has 3 aliphatic rings. The van der Waals surface area contributed by atoms with Crippen molar-refractivity contribution in [3.05, 3.63) is 40.5 Å². The van der Waals surface area contributed by atoms with E-state index in [1.54, 1.807) is 0 Å². The summed E-state index contributed by atoms with van der Waals surface area (Å²) in [5.74, 6) is 2.52. The Kier molecular flexibility index (Phi) is 6.21. The van der Waals surface area contributed by atoms with E-state index < -0.39 is 0 Å². The number of fused-ring (bicyclic) bond motifs is 1. The summed E-state index contributed by atoms with van der Waals surface area (Å²) >= 11 is 6.23. The molecular formula is C24H30ClN3O2. The van der Waals surface area contributed by atoms with E-state index in [0.717, 1.165) is 87.2 Å². The van der Waals surface area contributed by atoms with E-state index in [2.05, 4.69) is 4.90 Å². The Morgan fingerprint density at radius 3 is 2.77 bits per heavy atom. The van der Waals surface area contributed by atoms with Crippen LogP contribution in [0.1, 0.15) is 43.4 Å². The normalized spacial score (nSPS) is 22.3. The van der Waals surface area contributed by atoms with Gasteiger partial charge >= 0.3 is 0 Å². The first kappa shape index (κ1) is 20.2. The zero-order valence-corrected chi connectivity index (χ0v) is 18.2. The minimum Gasteiger partial charge on any atom is -0.381 e. The highest BCUT2D eigenvalue weighted by atomic mass is 35.5. The van der Waals surface area contributed by atoms with Crippen LogP contribution in [-0.4, -0.2) is 49.0 Å². The topological polar surface area (TPSA) is 47.5 Å². The minimum absolute atomic E-state index is 0.354. The number of nitrogens with zero attached hydrogens (tertiary/aromatic N) is 3. The van der Waals surface area contributed by atoms with Gasteiger partial charge in [0.2, 0.25) is 0 Å². The third-order valence-electron chi connectivity index (χ3n) is 6.58. The third kappa shape index (κ3) is 4.48. The van der Waals surface area contributed by atoms with E-state index in [1.165, 1.54) is 24.1 Å². The molecule has 3 heterocycles. The molecule has 2 saturated heterocycles. The maximum absolute atomic E-state index is 6.23. The maximum Gasteiger partial charge on any atom is 0.161 e. The first-order valence-corrected chi connectivity index (χ1v) is 11.7. The lowest BCUT2D eigenvalue weighted by Crippen LogP contribution is -2.39. The van der Waals surface area contributed by atoms with Gasteiger partial charge in [0.25, 0.3) is 0 Å². The quantitative estimate of drug-likeness (QED) is 0.692. The van der Waals surface area contributed by atoms with Gasteiger partial charge < -0.3 is 14.4 Å². The molecule has 0 amide bonds. The molecule has 1 atom stereocenters. The van der Waals surface area contributed by atoms with Crippen LogP contribution in [0, 0.1) is 5.92 Å². The standard InChI is InChI=1S/C24H30ClN3O2/c25-19-5-3-4-18(14-19)23-26-22-7-2-1-6-21(22)24(27-23)28-11-8-20(9-12-28)30-16-17-10-13-29-15-17/h3-5,14,17,20H,1-2,6-13,15-16H2. The van der Waals surface area contributed by atoms with Crippen LogP contribution >= 0.6 is 11.6 Å². The van der Waals surface area contributed by atoms with Crippen molar-refractivity contribution in [2.75, 3.05) is 37.8 Å². The number of rotatable bonds is 5.